The average molecular weight is 394 g/mol. The Hall–Kier alpha value is -3.35. The number of aromatic nitrogens is 2. The van der Waals surface area contributed by atoms with E-state index in [1.807, 2.05) is 6.07 Å². The second kappa shape index (κ2) is 8.34. The summed E-state index contributed by atoms with van der Waals surface area (Å²) < 4.78 is 5.15. The predicted octanol–water partition coefficient (Wildman–Crippen LogP) is 4.55. The number of carbonyl (C=O) groups is 1. The fraction of sp³-hybridized carbons (Fsp3) is 0.318. The van der Waals surface area contributed by atoms with Crippen molar-refractivity contribution in [2.75, 3.05) is 17.7 Å². The van der Waals surface area contributed by atoms with E-state index in [9.17, 15) is 9.59 Å². The van der Waals surface area contributed by atoms with E-state index in [1.54, 1.807) is 43.5 Å². The number of anilines is 2. The van der Waals surface area contributed by atoms with Gasteiger partial charge in [0.15, 0.2) is 0 Å². The number of carbonyl (C=O) groups excluding carboxylic acids is 1. The molecule has 0 radical (unpaired) electrons. The van der Waals surface area contributed by atoms with E-state index in [0.29, 0.717) is 22.5 Å². The molecule has 0 aliphatic rings. The highest BCUT2D eigenvalue weighted by atomic mass is 16.5. The summed E-state index contributed by atoms with van der Waals surface area (Å²) in [5.41, 5.74) is 1.87. The molecule has 7 heteroatoms. The SMILES string of the molecule is COc1cccc(NC(=O)Nc2ccc3c(CCC(C)(C)C)n[nH]c(=O)c3c2)c1. The van der Waals surface area contributed by atoms with Gasteiger partial charge in [-0.05, 0) is 42.5 Å². The van der Waals surface area contributed by atoms with E-state index in [1.165, 1.54) is 0 Å². The number of methoxy groups -OCH3 is 1. The van der Waals surface area contributed by atoms with Gasteiger partial charge in [0.05, 0.1) is 18.2 Å². The van der Waals surface area contributed by atoms with Gasteiger partial charge in [0, 0.05) is 22.8 Å². The second-order valence-electron chi connectivity index (χ2n) is 8.13. The lowest BCUT2D eigenvalue weighted by atomic mass is 9.89. The number of nitrogens with one attached hydrogen (secondary N) is 3. The molecule has 0 atom stereocenters. The Bertz CT molecular complexity index is 1080. The molecule has 2 amide bonds. The third-order valence-electron chi connectivity index (χ3n) is 4.56. The molecule has 0 spiro atoms. The molecular weight excluding hydrogens is 368 g/mol. The number of aryl methyl sites for hydroxylation is 1. The van der Waals surface area contributed by atoms with Crippen LogP contribution in [-0.2, 0) is 6.42 Å². The molecule has 152 valence electrons. The third-order valence-corrected chi connectivity index (χ3v) is 4.56. The quantitative estimate of drug-likeness (QED) is 0.591. The molecule has 0 aliphatic heterocycles. The van der Waals surface area contributed by atoms with E-state index in [0.717, 1.165) is 23.9 Å². The first-order valence-electron chi connectivity index (χ1n) is 9.48. The van der Waals surface area contributed by atoms with Crippen molar-refractivity contribution in [1.82, 2.24) is 10.2 Å². The van der Waals surface area contributed by atoms with Crippen molar-refractivity contribution in [3.63, 3.8) is 0 Å². The smallest absolute Gasteiger partial charge is 0.323 e. The van der Waals surface area contributed by atoms with Crippen molar-refractivity contribution in [3.05, 3.63) is 58.5 Å². The van der Waals surface area contributed by atoms with Gasteiger partial charge in [0.1, 0.15) is 5.75 Å². The Balaban J connectivity index is 1.79. The zero-order valence-corrected chi connectivity index (χ0v) is 17.1. The lowest BCUT2D eigenvalue weighted by Crippen LogP contribution is -2.20. The summed E-state index contributed by atoms with van der Waals surface area (Å²) in [6, 6.07) is 11.9. The highest BCUT2D eigenvalue weighted by molar-refractivity contribution is 6.01. The van der Waals surface area contributed by atoms with Gasteiger partial charge in [-0.1, -0.05) is 32.9 Å². The van der Waals surface area contributed by atoms with Gasteiger partial charge in [0.2, 0.25) is 0 Å². The Morgan fingerprint density at radius 3 is 2.48 bits per heavy atom. The molecule has 29 heavy (non-hydrogen) atoms. The van der Waals surface area contributed by atoms with Gasteiger partial charge in [-0.15, -0.1) is 0 Å². The normalized spacial score (nSPS) is 11.3. The topological polar surface area (TPSA) is 96.1 Å². The zero-order valence-electron chi connectivity index (χ0n) is 17.1. The molecule has 0 saturated carbocycles. The summed E-state index contributed by atoms with van der Waals surface area (Å²) in [6.45, 7) is 6.51. The molecule has 0 unspecified atom stereocenters. The number of hydrogen-bond donors (Lipinski definition) is 3. The minimum atomic E-state index is -0.406. The lowest BCUT2D eigenvalue weighted by molar-refractivity contribution is 0.262. The van der Waals surface area contributed by atoms with Crippen molar-refractivity contribution in [2.24, 2.45) is 5.41 Å². The Morgan fingerprint density at radius 2 is 1.79 bits per heavy atom. The molecule has 3 aromatic rings. The Kier molecular flexibility index (Phi) is 5.87. The summed E-state index contributed by atoms with van der Waals surface area (Å²) in [5.74, 6) is 0.648. The minimum Gasteiger partial charge on any atom is -0.497 e. The summed E-state index contributed by atoms with van der Waals surface area (Å²) in [5, 5.41) is 13.6. The maximum Gasteiger partial charge on any atom is 0.323 e. The Morgan fingerprint density at radius 1 is 1.07 bits per heavy atom. The summed E-state index contributed by atoms with van der Waals surface area (Å²) in [7, 11) is 1.57. The van der Waals surface area contributed by atoms with Crippen molar-refractivity contribution >= 4 is 28.2 Å². The van der Waals surface area contributed by atoms with Crippen LogP contribution in [0.3, 0.4) is 0 Å². The van der Waals surface area contributed by atoms with Gasteiger partial charge in [-0.25, -0.2) is 9.89 Å². The molecule has 1 heterocycles. The van der Waals surface area contributed by atoms with E-state index in [-0.39, 0.29) is 11.0 Å². The molecular formula is C22H26N4O3. The summed E-state index contributed by atoms with van der Waals surface area (Å²) in [4.78, 5) is 24.6. The molecule has 0 saturated heterocycles. The number of urea groups is 1. The van der Waals surface area contributed by atoms with Crippen molar-refractivity contribution in [3.8, 4) is 5.75 Å². The number of hydrogen-bond acceptors (Lipinski definition) is 4. The lowest BCUT2D eigenvalue weighted by Gasteiger charge is -2.17. The molecule has 0 fully saturated rings. The van der Waals surface area contributed by atoms with Crippen molar-refractivity contribution in [1.29, 1.82) is 0 Å². The number of rotatable bonds is 5. The minimum absolute atomic E-state index is 0.170. The van der Waals surface area contributed by atoms with Gasteiger partial charge >= 0.3 is 6.03 Å². The first-order chi connectivity index (χ1) is 13.7. The molecule has 7 nitrogen and oxygen atoms in total. The van der Waals surface area contributed by atoms with Crippen LogP contribution in [0.5, 0.6) is 5.75 Å². The van der Waals surface area contributed by atoms with Crippen LogP contribution < -0.4 is 20.9 Å². The first kappa shape index (κ1) is 20.4. The molecule has 0 aliphatic carbocycles. The highest BCUT2D eigenvalue weighted by Gasteiger charge is 2.14. The molecule has 3 N–H and O–H groups in total. The monoisotopic (exact) mass is 394 g/mol. The number of fused-ring (bicyclic) bond motifs is 1. The number of amides is 2. The Labute approximate surface area is 169 Å². The van der Waals surface area contributed by atoms with Crippen LogP contribution in [0.25, 0.3) is 10.8 Å². The number of benzene rings is 2. The van der Waals surface area contributed by atoms with E-state index in [4.69, 9.17) is 4.74 Å². The number of aromatic amines is 1. The highest BCUT2D eigenvalue weighted by Crippen LogP contribution is 2.25. The largest absolute Gasteiger partial charge is 0.497 e. The zero-order chi connectivity index (χ0) is 21.0. The second-order valence-corrected chi connectivity index (χ2v) is 8.13. The summed E-state index contributed by atoms with van der Waals surface area (Å²) in [6.07, 6.45) is 1.71. The third kappa shape index (κ3) is 5.34. The maximum absolute atomic E-state index is 12.3. The molecule has 3 rings (SSSR count). The van der Waals surface area contributed by atoms with Crippen LogP contribution in [0, 0.1) is 5.41 Å². The number of H-pyrrole nitrogens is 1. The van der Waals surface area contributed by atoms with E-state index in [2.05, 4.69) is 41.6 Å². The predicted molar refractivity (Wildman–Crippen MR) is 116 cm³/mol. The van der Waals surface area contributed by atoms with Crippen LogP contribution in [0.4, 0.5) is 16.2 Å². The standard InChI is InChI=1S/C22H26N4O3/c1-22(2,3)11-10-19-17-9-8-15(13-18(17)20(27)26-25-19)24-21(28)23-14-6-5-7-16(12-14)29-4/h5-9,12-13H,10-11H2,1-4H3,(H,26,27)(H2,23,24,28). The van der Waals surface area contributed by atoms with Crippen molar-refractivity contribution in [2.45, 2.75) is 33.6 Å². The van der Waals surface area contributed by atoms with Gasteiger partial charge in [-0.2, -0.15) is 5.10 Å². The van der Waals surface area contributed by atoms with Crippen LogP contribution in [0.1, 0.15) is 32.9 Å². The van der Waals surface area contributed by atoms with Crippen LogP contribution >= 0.6 is 0 Å². The van der Waals surface area contributed by atoms with Gasteiger partial charge < -0.3 is 15.4 Å². The number of ether oxygens (including phenoxy) is 1. The molecule has 1 aromatic heterocycles. The molecule has 2 aromatic carbocycles. The maximum atomic E-state index is 12.3. The number of nitrogens with zero attached hydrogens (tertiary/aromatic N) is 1. The van der Waals surface area contributed by atoms with E-state index < -0.39 is 6.03 Å². The van der Waals surface area contributed by atoms with Crippen LogP contribution in [-0.4, -0.2) is 23.3 Å². The van der Waals surface area contributed by atoms with Crippen molar-refractivity contribution < 1.29 is 9.53 Å². The van der Waals surface area contributed by atoms with Crippen LogP contribution in [0.2, 0.25) is 0 Å². The average Bonchev–Trinajstić information content (AvgIpc) is 2.67. The fourth-order valence-corrected chi connectivity index (χ4v) is 2.98. The first-order valence-corrected chi connectivity index (χ1v) is 9.48. The summed E-state index contributed by atoms with van der Waals surface area (Å²) >= 11 is 0. The van der Waals surface area contributed by atoms with E-state index >= 15 is 0 Å². The van der Waals surface area contributed by atoms with Gasteiger partial charge in [0.25, 0.3) is 5.56 Å². The fourth-order valence-electron chi connectivity index (χ4n) is 2.98. The van der Waals surface area contributed by atoms with Gasteiger partial charge in [-0.3, -0.25) is 4.79 Å². The van der Waals surface area contributed by atoms with Crippen LogP contribution in [0.15, 0.2) is 47.3 Å². The molecule has 0 bridgehead atoms.